The Kier molecular flexibility index (Phi) is 4.08. The largest absolute Gasteiger partial charge is 0.507 e. The van der Waals surface area contributed by atoms with E-state index in [1.54, 1.807) is 0 Å². The Morgan fingerprint density at radius 2 is 1.70 bits per heavy atom. The molecule has 0 unspecified atom stereocenters. The normalized spacial score (nSPS) is 11.3. The van der Waals surface area contributed by atoms with Crippen molar-refractivity contribution in [2.45, 2.75) is 40.0 Å². The maximum Gasteiger partial charge on any atom is 0.125 e. The average Bonchev–Trinajstić information content (AvgIpc) is 2.54. The van der Waals surface area contributed by atoms with Gasteiger partial charge in [0.2, 0.25) is 0 Å². The highest BCUT2D eigenvalue weighted by Crippen LogP contribution is 2.32. The summed E-state index contributed by atoms with van der Waals surface area (Å²) in [5.74, 6) is 0.685. The summed E-state index contributed by atoms with van der Waals surface area (Å²) >= 11 is 0. The van der Waals surface area contributed by atoms with E-state index in [1.165, 1.54) is 16.3 Å². The maximum atomic E-state index is 10.6. The molecule has 2 heteroatoms. The van der Waals surface area contributed by atoms with E-state index in [9.17, 15) is 5.11 Å². The lowest BCUT2D eigenvalue weighted by Gasteiger charge is -2.17. The fraction of sp³-hybridized carbons (Fsp3) is 0.286. The first-order valence-electron chi connectivity index (χ1n) is 8.14. The van der Waals surface area contributed by atoms with Gasteiger partial charge in [0, 0.05) is 23.2 Å². The second kappa shape index (κ2) is 6.04. The van der Waals surface area contributed by atoms with Gasteiger partial charge in [0.15, 0.2) is 0 Å². The van der Waals surface area contributed by atoms with Crippen molar-refractivity contribution in [1.82, 2.24) is 4.98 Å². The predicted octanol–water partition coefficient (Wildman–Crippen LogP) is 5.27. The summed E-state index contributed by atoms with van der Waals surface area (Å²) in [5, 5.41) is 13.1. The van der Waals surface area contributed by atoms with Crippen LogP contribution in [0.4, 0.5) is 0 Å². The van der Waals surface area contributed by atoms with Crippen molar-refractivity contribution in [3.63, 3.8) is 0 Å². The molecule has 0 aliphatic heterocycles. The Bertz CT molecular complexity index is 865. The van der Waals surface area contributed by atoms with Crippen LogP contribution < -0.4 is 0 Å². The molecule has 0 bridgehead atoms. The third-order valence-electron chi connectivity index (χ3n) is 4.52. The van der Waals surface area contributed by atoms with Crippen LogP contribution in [0.1, 0.15) is 47.8 Å². The van der Waals surface area contributed by atoms with Crippen molar-refractivity contribution >= 4 is 10.8 Å². The van der Waals surface area contributed by atoms with E-state index < -0.39 is 0 Å². The van der Waals surface area contributed by atoms with Gasteiger partial charge in [-0.2, -0.15) is 0 Å². The Morgan fingerprint density at radius 1 is 1.00 bits per heavy atom. The number of aromatic nitrogens is 1. The minimum atomic E-state index is 0.288. The lowest BCUT2D eigenvalue weighted by molar-refractivity contribution is 0.460. The van der Waals surface area contributed by atoms with Gasteiger partial charge in [-0.3, -0.25) is 4.98 Å². The molecule has 0 radical (unpaired) electrons. The summed E-state index contributed by atoms with van der Waals surface area (Å²) in [4.78, 5) is 4.73. The van der Waals surface area contributed by atoms with Crippen molar-refractivity contribution in [1.29, 1.82) is 0 Å². The molecular formula is C21H23NO. The standard InChI is InChI=1S/C21H23NO/c1-13(2)20-19(21(23)14(3)15(4)22-20)12-16-9-10-17-7-5-6-8-18(17)11-16/h5-11,13H,12H2,1-4H3,(H,22,23). The van der Waals surface area contributed by atoms with Crippen LogP contribution in [0.15, 0.2) is 42.5 Å². The van der Waals surface area contributed by atoms with Crippen LogP contribution in [-0.4, -0.2) is 10.1 Å². The van der Waals surface area contributed by atoms with Crippen LogP contribution in [0.3, 0.4) is 0 Å². The van der Waals surface area contributed by atoms with E-state index in [4.69, 9.17) is 4.98 Å². The minimum absolute atomic E-state index is 0.288. The molecule has 2 aromatic carbocycles. The highest BCUT2D eigenvalue weighted by atomic mass is 16.3. The Labute approximate surface area is 137 Å². The van der Waals surface area contributed by atoms with Gasteiger partial charge < -0.3 is 5.11 Å². The first-order chi connectivity index (χ1) is 11.0. The molecule has 23 heavy (non-hydrogen) atoms. The number of aryl methyl sites for hydroxylation is 1. The van der Waals surface area contributed by atoms with Crippen molar-refractivity contribution in [2.24, 2.45) is 0 Å². The molecule has 1 N–H and O–H groups in total. The summed E-state index contributed by atoms with van der Waals surface area (Å²) in [6, 6.07) is 14.8. The van der Waals surface area contributed by atoms with Gasteiger partial charge >= 0.3 is 0 Å². The van der Waals surface area contributed by atoms with Crippen molar-refractivity contribution in [3.05, 3.63) is 70.5 Å². The van der Waals surface area contributed by atoms with Gasteiger partial charge in [-0.25, -0.2) is 0 Å². The monoisotopic (exact) mass is 305 g/mol. The molecule has 0 aliphatic rings. The number of hydrogen-bond acceptors (Lipinski definition) is 2. The molecule has 1 aromatic heterocycles. The van der Waals surface area contributed by atoms with Gasteiger partial charge in [0.05, 0.1) is 5.69 Å². The van der Waals surface area contributed by atoms with Crippen LogP contribution in [0.2, 0.25) is 0 Å². The zero-order valence-corrected chi connectivity index (χ0v) is 14.2. The van der Waals surface area contributed by atoms with Gasteiger partial charge in [0.25, 0.3) is 0 Å². The van der Waals surface area contributed by atoms with E-state index in [0.717, 1.165) is 22.5 Å². The molecule has 2 nitrogen and oxygen atoms in total. The van der Waals surface area contributed by atoms with Gasteiger partial charge in [0.1, 0.15) is 5.75 Å². The van der Waals surface area contributed by atoms with Gasteiger partial charge in [-0.1, -0.05) is 56.3 Å². The van der Waals surface area contributed by atoms with E-state index in [2.05, 4.69) is 56.3 Å². The number of hydrogen-bond donors (Lipinski definition) is 1. The molecule has 0 saturated carbocycles. The van der Waals surface area contributed by atoms with Crippen molar-refractivity contribution < 1.29 is 5.11 Å². The number of benzene rings is 2. The summed E-state index contributed by atoms with van der Waals surface area (Å²) in [5.41, 5.74) is 4.95. The number of nitrogens with zero attached hydrogens (tertiary/aromatic N) is 1. The molecule has 118 valence electrons. The molecule has 0 atom stereocenters. The predicted molar refractivity (Wildman–Crippen MR) is 96.2 cm³/mol. The topological polar surface area (TPSA) is 33.1 Å². The van der Waals surface area contributed by atoms with Crippen LogP contribution in [-0.2, 0) is 6.42 Å². The van der Waals surface area contributed by atoms with E-state index in [1.807, 2.05) is 13.8 Å². The number of fused-ring (bicyclic) bond motifs is 1. The van der Waals surface area contributed by atoms with Crippen molar-refractivity contribution in [3.8, 4) is 5.75 Å². The van der Waals surface area contributed by atoms with E-state index in [0.29, 0.717) is 12.2 Å². The van der Waals surface area contributed by atoms with Crippen LogP contribution in [0.5, 0.6) is 5.75 Å². The zero-order chi connectivity index (χ0) is 16.6. The number of aromatic hydroxyl groups is 1. The lowest BCUT2D eigenvalue weighted by atomic mass is 9.93. The Hall–Kier alpha value is -2.35. The van der Waals surface area contributed by atoms with Gasteiger partial charge in [-0.05, 0) is 36.1 Å². The highest BCUT2D eigenvalue weighted by molar-refractivity contribution is 5.83. The minimum Gasteiger partial charge on any atom is -0.507 e. The summed E-state index contributed by atoms with van der Waals surface area (Å²) in [7, 11) is 0. The summed E-state index contributed by atoms with van der Waals surface area (Å²) in [6.45, 7) is 8.15. The second-order valence-electron chi connectivity index (χ2n) is 6.55. The third kappa shape index (κ3) is 2.94. The smallest absolute Gasteiger partial charge is 0.125 e. The van der Waals surface area contributed by atoms with Crippen LogP contribution in [0.25, 0.3) is 10.8 Å². The van der Waals surface area contributed by atoms with E-state index >= 15 is 0 Å². The van der Waals surface area contributed by atoms with E-state index in [-0.39, 0.29) is 5.92 Å². The van der Waals surface area contributed by atoms with Crippen LogP contribution in [0, 0.1) is 13.8 Å². The molecule has 3 rings (SSSR count). The zero-order valence-electron chi connectivity index (χ0n) is 14.2. The highest BCUT2D eigenvalue weighted by Gasteiger charge is 2.17. The number of rotatable bonds is 3. The molecule has 0 aliphatic carbocycles. The SMILES string of the molecule is Cc1nc(C(C)C)c(Cc2ccc3ccccc3c2)c(O)c1C. The quantitative estimate of drug-likeness (QED) is 0.715. The molecule has 0 amide bonds. The molecular weight excluding hydrogens is 282 g/mol. The molecule has 0 fully saturated rings. The Balaban J connectivity index is 2.09. The molecule has 1 heterocycles. The van der Waals surface area contributed by atoms with Crippen molar-refractivity contribution in [2.75, 3.05) is 0 Å². The van der Waals surface area contributed by atoms with Gasteiger partial charge in [-0.15, -0.1) is 0 Å². The van der Waals surface area contributed by atoms with Crippen LogP contribution >= 0.6 is 0 Å². The first kappa shape index (κ1) is 15.5. The second-order valence-corrected chi connectivity index (χ2v) is 6.55. The summed E-state index contributed by atoms with van der Waals surface area (Å²) < 4.78 is 0. The lowest BCUT2D eigenvalue weighted by Crippen LogP contribution is -2.05. The molecule has 0 spiro atoms. The molecule has 0 saturated heterocycles. The number of pyridine rings is 1. The Morgan fingerprint density at radius 3 is 2.39 bits per heavy atom. The molecule has 3 aromatic rings. The average molecular weight is 305 g/mol. The fourth-order valence-corrected chi connectivity index (χ4v) is 3.06. The maximum absolute atomic E-state index is 10.6. The fourth-order valence-electron chi connectivity index (χ4n) is 3.06. The first-order valence-corrected chi connectivity index (χ1v) is 8.14. The third-order valence-corrected chi connectivity index (χ3v) is 4.52. The summed E-state index contributed by atoms with van der Waals surface area (Å²) in [6.07, 6.45) is 0.707.